The normalized spacial score (nSPS) is 12.4. The summed E-state index contributed by atoms with van der Waals surface area (Å²) in [6.07, 6.45) is 0. The number of hydrogen-bond acceptors (Lipinski definition) is 4. The number of benzene rings is 2. The number of carbonyl (C=O) groups excluding carboxylic acids is 1. The highest BCUT2D eigenvalue weighted by atomic mass is 16.5. The molecule has 5 heteroatoms. The van der Waals surface area contributed by atoms with Crippen molar-refractivity contribution in [2.75, 3.05) is 20.7 Å². The number of hydrogen-bond donors (Lipinski definition) is 1. The van der Waals surface area contributed by atoms with Gasteiger partial charge in [-0.25, -0.2) is 0 Å². The van der Waals surface area contributed by atoms with E-state index in [1.807, 2.05) is 73.5 Å². The van der Waals surface area contributed by atoms with Gasteiger partial charge >= 0.3 is 0 Å². The molecule has 1 unspecified atom stereocenters. The van der Waals surface area contributed by atoms with Gasteiger partial charge in [-0.1, -0.05) is 42.5 Å². The van der Waals surface area contributed by atoms with Crippen molar-refractivity contribution in [3.63, 3.8) is 0 Å². The van der Waals surface area contributed by atoms with Crippen LogP contribution in [0.15, 0.2) is 59.0 Å². The van der Waals surface area contributed by atoms with Crippen LogP contribution in [-0.2, 0) is 22.7 Å². The van der Waals surface area contributed by atoms with Crippen molar-refractivity contribution < 1.29 is 13.9 Å². The summed E-state index contributed by atoms with van der Waals surface area (Å²) >= 11 is 0. The Morgan fingerprint density at radius 1 is 1.15 bits per heavy atom. The minimum Gasteiger partial charge on any atom is -0.459 e. The third-order valence-corrected chi connectivity index (χ3v) is 4.73. The third-order valence-electron chi connectivity index (χ3n) is 4.73. The van der Waals surface area contributed by atoms with Crippen LogP contribution in [0.2, 0.25) is 0 Å². The molecule has 0 aliphatic rings. The molecule has 0 radical (unpaired) electrons. The Kier molecular flexibility index (Phi) is 6.27. The summed E-state index contributed by atoms with van der Waals surface area (Å²) in [7, 11) is 3.61. The Hall–Kier alpha value is -2.63. The minimum absolute atomic E-state index is 0.0106. The standard InChI is InChI=1S/C22H26N2O3/c1-16(21-12-19-6-4-5-7-20(19)27-21)24(2)14-22(25)23-13-17-8-10-18(11-9-17)15-26-3/h4-12,16H,13-15H2,1-3H3,(H,23,25). The van der Waals surface area contributed by atoms with Gasteiger partial charge < -0.3 is 14.5 Å². The second-order valence-corrected chi connectivity index (χ2v) is 6.80. The van der Waals surface area contributed by atoms with E-state index in [-0.39, 0.29) is 11.9 Å². The highest BCUT2D eigenvalue weighted by molar-refractivity contribution is 5.79. The predicted octanol–water partition coefficient (Wildman–Crippen LogP) is 3.89. The van der Waals surface area contributed by atoms with E-state index in [1.165, 1.54) is 0 Å². The van der Waals surface area contributed by atoms with Crippen molar-refractivity contribution >= 4 is 16.9 Å². The zero-order chi connectivity index (χ0) is 19.2. The quantitative estimate of drug-likeness (QED) is 0.657. The Balaban J connectivity index is 1.52. The van der Waals surface area contributed by atoms with Crippen molar-refractivity contribution in [3.8, 4) is 0 Å². The van der Waals surface area contributed by atoms with Crippen molar-refractivity contribution in [3.05, 3.63) is 71.5 Å². The summed E-state index contributed by atoms with van der Waals surface area (Å²) in [5.41, 5.74) is 3.05. The number of nitrogens with one attached hydrogen (secondary N) is 1. The maximum absolute atomic E-state index is 12.3. The summed E-state index contributed by atoms with van der Waals surface area (Å²) in [6, 6.07) is 18.0. The van der Waals surface area contributed by atoms with Crippen LogP contribution < -0.4 is 5.32 Å². The molecule has 0 saturated heterocycles. The molecular formula is C22H26N2O3. The van der Waals surface area contributed by atoms with Crippen LogP contribution in [0, 0.1) is 0 Å². The Morgan fingerprint density at radius 2 is 1.85 bits per heavy atom. The van der Waals surface area contributed by atoms with E-state index in [0.717, 1.165) is 27.9 Å². The van der Waals surface area contributed by atoms with Gasteiger partial charge in [-0.15, -0.1) is 0 Å². The lowest BCUT2D eigenvalue weighted by Crippen LogP contribution is -2.36. The first-order chi connectivity index (χ1) is 13.1. The SMILES string of the molecule is COCc1ccc(CNC(=O)CN(C)C(C)c2cc3ccccc3o2)cc1. The number of carbonyl (C=O) groups is 1. The highest BCUT2D eigenvalue weighted by Gasteiger charge is 2.18. The lowest BCUT2D eigenvalue weighted by molar-refractivity contribution is -0.122. The monoisotopic (exact) mass is 366 g/mol. The summed E-state index contributed by atoms with van der Waals surface area (Å²) in [4.78, 5) is 14.3. The van der Waals surface area contributed by atoms with E-state index < -0.39 is 0 Å². The van der Waals surface area contributed by atoms with Crippen LogP contribution in [0.3, 0.4) is 0 Å². The molecule has 0 aliphatic heterocycles. The molecule has 5 nitrogen and oxygen atoms in total. The first kappa shape index (κ1) is 19.1. The van der Waals surface area contributed by atoms with Crippen LogP contribution in [0.1, 0.15) is 29.9 Å². The molecule has 1 heterocycles. The van der Waals surface area contributed by atoms with Crippen LogP contribution in [0.25, 0.3) is 11.0 Å². The molecule has 1 atom stereocenters. The molecule has 1 N–H and O–H groups in total. The number of fused-ring (bicyclic) bond motifs is 1. The largest absolute Gasteiger partial charge is 0.459 e. The highest BCUT2D eigenvalue weighted by Crippen LogP contribution is 2.26. The number of likely N-dealkylation sites (N-methyl/N-ethyl adjacent to an activating group) is 1. The van der Waals surface area contributed by atoms with E-state index in [0.29, 0.717) is 19.7 Å². The third kappa shape index (κ3) is 4.96. The van der Waals surface area contributed by atoms with Crippen molar-refractivity contribution in [2.45, 2.75) is 26.1 Å². The van der Waals surface area contributed by atoms with E-state index >= 15 is 0 Å². The number of rotatable bonds is 8. The predicted molar refractivity (Wildman–Crippen MR) is 106 cm³/mol. The number of para-hydroxylation sites is 1. The maximum Gasteiger partial charge on any atom is 0.234 e. The molecule has 1 aromatic heterocycles. The molecule has 0 aliphatic carbocycles. The van der Waals surface area contributed by atoms with E-state index in [9.17, 15) is 4.79 Å². The second-order valence-electron chi connectivity index (χ2n) is 6.80. The summed E-state index contributed by atoms with van der Waals surface area (Å²) < 4.78 is 11.0. The van der Waals surface area contributed by atoms with Crippen LogP contribution >= 0.6 is 0 Å². The molecule has 2 aromatic carbocycles. The van der Waals surface area contributed by atoms with Gasteiger partial charge in [0.2, 0.25) is 5.91 Å². The first-order valence-electron chi connectivity index (χ1n) is 9.09. The van der Waals surface area contributed by atoms with E-state index in [2.05, 4.69) is 5.32 Å². The van der Waals surface area contributed by atoms with Crippen molar-refractivity contribution in [1.82, 2.24) is 10.2 Å². The van der Waals surface area contributed by atoms with E-state index in [4.69, 9.17) is 9.15 Å². The zero-order valence-corrected chi connectivity index (χ0v) is 16.1. The van der Waals surface area contributed by atoms with Crippen LogP contribution in [0.5, 0.6) is 0 Å². The van der Waals surface area contributed by atoms with Crippen LogP contribution in [-0.4, -0.2) is 31.5 Å². The molecule has 0 spiro atoms. The lowest BCUT2D eigenvalue weighted by atomic mass is 10.1. The number of furan rings is 1. The average Bonchev–Trinajstić information content (AvgIpc) is 3.11. The van der Waals surface area contributed by atoms with Gasteiger partial charge in [-0.3, -0.25) is 9.69 Å². The molecular weight excluding hydrogens is 340 g/mol. The van der Waals surface area contributed by atoms with Crippen molar-refractivity contribution in [1.29, 1.82) is 0 Å². The number of amides is 1. The van der Waals surface area contributed by atoms with Crippen LogP contribution in [0.4, 0.5) is 0 Å². The molecule has 0 bridgehead atoms. The fraction of sp³-hybridized carbons (Fsp3) is 0.318. The summed E-state index contributed by atoms with van der Waals surface area (Å²) in [5, 5.41) is 4.05. The molecule has 3 rings (SSSR count). The number of methoxy groups -OCH3 is 1. The average molecular weight is 366 g/mol. The molecule has 0 saturated carbocycles. The molecule has 142 valence electrons. The van der Waals surface area contributed by atoms with Gasteiger partial charge in [0.15, 0.2) is 0 Å². The van der Waals surface area contributed by atoms with Gasteiger partial charge in [0, 0.05) is 19.0 Å². The Labute approximate surface area is 159 Å². The van der Waals surface area contributed by atoms with E-state index in [1.54, 1.807) is 7.11 Å². The fourth-order valence-electron chi connectivity index (χ4n) is 2.97. The number of ether oxygens (including phenoxy) is 1. The summed E-state index contributed by atoms with van der Waals surface area (Å²) in [5.74, 6) is 0.849. The molecule has 1 amide bonds. The summed E-state index contributed by atoms with van der Waals surface area (Å²) in [6.45, 7) is 3.45. The first-order valence-corrected chi connectivity index (χ1v) is 9.09. The lowest BCUT2D eigenvalue weighted by Gasteiger charge is -2.22. The topological polar surface area (TPSA) is 54.7 Å². The molecule has 27 heavy (non-hydrogen) atoms. The Bertz CT molecular complexity index is 853. The van der Waals surface area contributed by atoms with Gasteiger partial charge in [0.25, 0.3) is 0 Å². The van der Waals surface area contributed by atoms with Gasteiger partial charge in [-0.05, 0) is 37.2 Å². The minimum atomic E-state index is -0.0126. The Morgan fingerprint density at radius 3 is 2.56 bits per heavy atom. The van der Waals surface area contributed by atoms with Gasteiger partial charge in [0.1, 0.15) is 11.3 Å². The smallest absolute Gasteiger partial charge is 0.234 e. The zero-order valence-electron chi connectivity index (χ0n) is 16.1. The van der Waals surface area contributed by atoms with Crippen molar-refractivity contribution in [2.24, 2.45) is 0 Å². The van der Waals surface area contributed by atoms with Gasteiger partial charge in [-0.2, -0.15) is 0 Å². The molecule has 3 aromatic rings. The maximum atomic E-state index is 12.3. The molecule has 0 fully saturated rings. The second kappa shape index (κ2) is 8.84. The van der Waals surface area contributed by atoms with Gasteiger partial charge in [0.05, 0.1) is 19.2 Å². The number of nitrogens with zero attached hydrogens (tertiary/aromatic N) is 1. The fourth-order valence-corrected chi connectivity index (χ4v) is 2.97.